The molecule has 0 aliphatic heterocycles. The predicted octanol–water partition coefficient (Wildman–Crippen LogP) is 4.77. The van der Waals surface area contributed by atoms with Crippen molar-refractivity contribution in [3.63, 3.8) is 0 Å². The van der Waals surface area contributed by atoms with Crippen molar-refractivity contribution in [2.75, 3.05) is 0 Å². The van der Waals surface area contributed by atoms with Crippen LogP contribution in [0.1, 0.15) is 0 Å². The molecule has 0 radical (unpaired) electrons. The molecular formula is C20H28Ge2. The van der Waals surface area contributed by atoms with Crippen LogP contribution in [0.25, 0.3) is 0 Å². The van der Waals surface area contributed by atoms with Crippen LogP contribution < -0.4 is 8.79 Å². The second-order valence-corrected chi connectivity index (χ2v) is 27.3. The Hall–Kier alpha value is -0.734. The van der Waals surface area contributed by atoms with Crippen LogP contribution in [0.5, 0.6) is 0 Å². The topological polar surface area (TPSA) is 0 Å². The molecule has 0 nitrogen and oxygen atoms in total. The minimum absolute atomic E-state index is 1.29. The van der Waals surface area contributed by atoms with Gasteiger partial charge < -0.3 is 0 Å². The average Bonchev–Trinajstić information content (AvgIpc) is 2.53. The summed E-state index contributed by atoms with van der Waals surface area (Å²) in [5, 5.41) is 2.58. The summed E-state index contributed by atoms with van der Waals surface area (Å²) in [7, 11) is 0. The van der Waals surface area contributed by atoms with Gasteiger partial charge in [0.15, 0.2) is 0 Å². The number of hydrogen-bond acceptors (Lipinski definition) is 0. The first-order valence-electron chi connectivity index (χ1n) is 8.18. The third kappa shape index (κ3) is 4.89. The van der Waals surface area contributed by atoms with Gasteiger partial charge >= 0.3 is 142 Å². The zero-order chi connectivity index (χ0) is 16.1. The SMILES string of the molecule is [CH3][Ge]([CH3])([CH2]/C=C/[CH2][Ge]([CH3])([CH3])[c]1ccccc1)[c]1ccccc1. The molecule has 0 atom stereocenters. The van der Waals surface area contributed by atoms with Gasteiger partial charge in [0.1, 0.15) is 0 Å². The van der Waals surface area contributed by atoms with Gasteiger partial charge in [0, 0.05) is 0 Å². The molecule has 0 unspecified atom stereocenters. The molecule has 2 aromatic rings. The van der Waals surface area contributed by atoms with Gasteiger partial charge in [-0.25, -0.2) is 0 Å². The van der Waals surface area contributed by atoms with Crippen LogP contribution in [-0.2, 0) is 0 Å². The molecule has 0 heterocycles. The molecule has 2 heteroatoms. The van der Waals surface area contributed by atoms with Gasteiger partial charge in [-0.05, 0) is 0 Å². The molecule has 0 N–H and O–H groups in total. The molecule has 116 valence electrons. The zero-order valence-corrected chi connectivity index (χ0v) is 18.5. The summed E-state index contributed by atoms with van der Waals surface area (Å²) in [5.41, 5.74) is 0. The first-order chi connectivity index (χ1) is 10.4. The van der Waals surface area contributed by atoms with E-state index >= 15 is 0 Å². The summed E-state index contributed by atoms with van der Waals surface area (Å²) in [6, 6.07) is 22.2. The van der Waals surface area contributed by atoms with Gasteiger partial charge in [-0.1, -0.05) is 0 Å². The fourth-order valence-electron chi connectivity index (χ4n) is 2.77. The van der Waals surface area contributed by atoms with E-state index in [0.717, 1.165) is 0 Å². The monoisotopic (exact) mass is 416 g/mol. The third-order valence-corrected chi connectivity index (χ3v) is 17.8. The van der Waals surface area contributed by atoms with Crippen LogP contribution in [0.4, 0.5) is 0 Å². The molecule has 2 aromatic carbocycles. The molecule has 0 fully saturated rings. The summed E-state index contributed by atoms with van der Waals surface area (Å²) in [6.07, 6.45) is 4.95. The van der Waals surface area contributed by atoms with E-state index in [-0.39, 0.29) is 0 Å². The third-order valence-electron chi connectivity index (χ3n) is 4.53. The normalized spacial score (nSPS) is 12.7. The fourth-order valence-corrected chi connectivity index (χ4v) is 11.5. The average molecular weight is 414 g/mol. The van der Waals surface area contributed by atoms with Gasteiger partial charge in [0.05, 0.1) is 0 Å². The molecule has 2 rings (SSSR count). The molecule has 0 saturated heterocycles. The molecule has 0 aliphatic rings. The van der Waals surface area contributed by atoms with Crippen molar-refractivity contribution in [2.24, 2.45) is 0 Å². The van der Waals surface area contributed by atoms with Crippen molar-refractivity contribution in [1.29, 1.82) is 0 Å². The number of hydrogen-bond donors (Lipinski definition) is 0. The Morgan fingerprint density at radius 1 is 0.591 bits per heavy atom. The first-order valence-corrected chi connectivity index (χ1v) is 21.6. The van der Waals surface area contributed by atoms with Crippen molar-refractivity contribution < 1.29 is 0 Å². The summed E-state index contributed by atoms with van der Waals surface area (Å²) in [4.78, 5) is 0. The van der Waals surface area contributed by atoms with E-state index in [0.29, 0.717) is 0 Å². The first kappa shape index (κ1) is 17.6. The summed E-state index contributed by atoms with van der Waals surface area (Å²) >= 11 is -3.71. The molecule has 0 saturated carbocycles. The number of allylic oxidation sites excluding steroid dienone is 2. The molecule has 0 amide bonds. The molecular weight excluding hydrogens is 385 g/mol. The van der Waals surface area contributed by atoms with Crippen molar-refractivity contribution in [1.82, 2.24) is 0 Å². The second kappa shape index (κ2) is 7.69. The van der Waals surface area contributed by atoms with Crippen molar-refractivity contribution in [3.05, 3.63) is 72.8 Å². The maximum atomic E-state index is 2.52. The number of benzene rings is 2. The molecule has 0 aliphatic carbocycles. The van der Waals surface area contributed by atoms with Crippen molar-refractivity contribution in [3.8, 4) is 0 Å². The Balaban J connectivity index is 1.96. The Labute approximate surface area is 141 Å². The van der Waals surface area contributed by atoms with Crippen molar-refractivity contribution >= 4 is 35.3 Å². The zero-order valence-electron chi connectivity index (χ0n) is 14.3. The summed E-state index contributed by atoms with van der Waals surface area (Å²) in [6.45, 7) is 0. The minimum atomic E-state index is -1.86. The summed E-state index contributed by atoms with van der Waals surface area (Å²) in [5.74, 6) is 10.1. The standard InChI is InChI=1S/C20H28Ge2/c1-21(2,19-13-7-5-8-14-19)17-11-12-18-22(3,4)20-15-9-6-10-16-20/h5-16H,17-18H2,1-4H3/b12-11+. The molecule has 0 bridgehead atoms. The van der Waals surface area contributed by atoms with E-state index in [9.17, 15) is 0 Å². The van der Waals surface area contributed by atoms with E-state index in [1.165, 1.54) is 10.5 Å². The Morgan fingerprint density at radius 2 is 0.909 bits per heavy atom. The molecule has 22 heavy (non-hydrogen) atoms. The van der Waals surface area contributed by atoms with E-state index in [4.69, 9.17) is 0 Å². The van der Waals surface area contributed by atoms with Gasteiger partial charge in [-0.3, -0.25) is 0 Å². The van der Waals surface area contributed by atoms with Crippen LogP contribution in [0, 0.1) is 0 Å². The van der Waals surface area contributed by atoms with Gasteiger partial charge in [-0.2, -0.15) is 0 Å². The second-order valence-electron chi connectivity index (χ2n) is 7.38. The molecule has 0 aromatic heterocycles. The van der Waals surface area contributed by atoms with Gasteiger partial charge in [0.2, 0.25) is 0 Å². The molecule has 0 spiro atoms. The van der Waals surface area contributed by atoms with Crippen LogP contribution in [0.3, 0.4) is 0 Å². The van der Waals surface area contributed by atoms with Crippen LogP contribution >= 0.6 is 0 Å². The fraction of sp³-hybridized carbons (Fsp3) is 0.300. The summed E-state index contributed by atoms with van der Waals surface area (Å²) < 4.78 is 3.21. The van der Waals surface area contributed by atoms with E-state index in [2.05, 4.69) is 95.8 Å². The van der Waals surface area contributed by atoms with E-state index < -0.39 is 26.5 Å². The van der Waals surface area contributed by atoms with Crippen LogP contribution in [0.2, 0.25) is 33.5 Å². The predicted molar refractivity (Wildman–Crippen MR) is 106 cm³/mol. The van der Waals surface area contributed by atoms with Crippen LogP contribution in [0.15, 0.2) is 72.8 Å². The van der Waals surface area contributed by atoms with E-state index in [1.807, 2.05) is 0 Å². The van der Waals surface area contributed by atoms with Gasteiger partial charge in [-0.15, -0.1) is 0 Å². The van der Waals surface area contributed by atoms with Crippen LogP contribution in [-0.4, -0.2) is 26.5 Å². The quantitative estimate of drug-likeness (QED) is 0.472. The van der Waals surface area contributed by atoms with E-state index in [1.54, 1.807) is 8.79 Å². The maximum absolute atomic E-state index is 2.52. The van der Waals surface area contributed by atoms with Crippen molar-refractivity contribution in [2.45, 2.75) is 33.5 Å². The Morgan fingerprint density at radius 3 is 1.23 bits per heavy atom. The Bertz CT molecular complexity index is 543. The van der Waals surface area contributed by atoms with Gasteiger partial charge in [0.25, 0.3) is 0 Å². The number of rotatable bonds is 6. The Kier molecular flexibility index (Phi) is 6.16.